The third-order valence-corrected chi connectivity index (χ3v) is 3.87. The first kappa shape index (κ1) is 13.4. The van der Waals surface area contributed by atoms with Gasteiger partial charge < -0.3 is 5.73 Å². The van der Waals surface area contributed by atoms with Crippen LogP contribution < -0.4 is 5.73 Å². The number of hydrogen-bond donors (Lipinski definition) is 1. The fraction of sp³-hybridized carbons (Fsp3) is 0.0625. The molecule has 3 rings (SSSR count). The average Bonchev–Trinajstić information content (AvgIpc) is 2.48. The number of rotatable bonds is 2. The average molecular weight is 303 g/mol. The van der Waals surface area contributed by atoms with Crippen molar-refractivity contribution in [1.82, 2.24) is 4.98 Å². The molecule has 20 heavy (non-hydrogen) atoms. The van der Waals surface area contributed by atoms with Crippen molar-refractivity contribution in [2.24, 2.45) is 5.73 Å². The Bertz CT molecular complexity index is 766. The Kier molecular flexibility index (Phi) is 3.62. The van der Waals surface area contributed by atoms with Gasteiger partial charge in [-0.3, -0.25) is 4.98 Å². The third-order valence-electron chi connectivity index (χ3n) is 3.29. The largest absolute Gasteiger partial charge is 0.319 e. The van der Waals surface area contributed by atoms with Gasteiger partial charge >= 0.3 is 0 Å². The first-order valence-electron chi connectivity index (χ1n) is 6.21. The maximum absolute atomic E-state index is 6.35. The van der Waals surface area contributed by atoms with Gasteiger partial charge in [-0.25, -0.2) is 0 Å². The molecule has 1 aromatic heterocycles. The van der Waals surface area contributed by atoms with Crippen LogP contribution >= 0.6 is 23.2 Å². The van der Waals surface area contributed by atoms with Crippen LogP contribution in [0.15, 0.2) is 54.7 Å². The fourth-order valence-corrected chi connectivity index (χ4v) is 2.71. The molecule has 0 fully saturated rings. The summed E-state index contributed by atoms with van der Waals surface area (Å²) in [5.74, 6) is 0. The van der Waals surface area contributed by atoms with Crippen LogP contribution in [0.3, 0.4) is 0 Å². The number of nitrogens with two attached hydrogens (primary N) is 1. The Balaban J connectivity index is 2.17. The summed E-state index contributed by atoms with van der Waals surface area (Å²) in [5, 5.41) is 3.33. The Morgan fingerprint density at radius 2 is 1.80 bits per heavy atom. The number of pyridine rings is 1. The highest BCUT2D eigenvalue weighted by atomic mass is 35.5. The number of hydrogen-bond acceptors (Lipinski definition) is 2. The number of nitrogens with zero attached hydrogens (tertiary/aromatic N) is 1. The number of benzene rings is 2. The van der Waals surface area contributed by atoms with Crippen molar-refractivity contribution in [1.29, 1.82) is 0 Å². The van der Waals surface area contributed by atoms with Crippen LogP contribution in [0.25, 0.3) is 10.8 Å². The Labute approximate surface area is 127 Å². The molecule has 0 aliphatic rings. The topological polar surface area (TPSA) is 38.9 Å². The quantitative estimate of drug-likeness (QED) is 0.752. The molecule has 0 saturated heterocycles. The van der Waals surface area contributed by atoms with E-state index in [0.717, 1.165) is 22.0 Å². The van der Waals surface area contributed by atoms with Crippen molar-refractivity contribution >= 4 is 34.0 Å². The minimum absolute atomic E-state index is 0.410. The van der Waals surface area contributed by atoms with Gasteiger partial charge in [0, 0.05) is 21.6 Å². The maximum Gasteiger partial charge on any atom is 0.0747 e. The van der Waals surface area contributed by atoms with E-state index in [1.165, 1.54) is 0 Å². The van der Waals surface area contributed by atoms with E-state index in [9.17, 15) is 0 Å². The van der Waals surface area contributed by atoms with Crippen LogP contribution in [0.4, 0.5) is 0 Å². The van der Waals surface area contributed by atoms with Gasteiger partial charge in [0.05, 0.1) is 11.7 Å². The number of fused-ring (bicyclic) bond motifs is 1. The van der Waals surface area contributed by atoms with Crippen LogP contribution in [0.2, 0.25) is 10.0 Å². The van der Waals surface area contributed by atoms with Crippen molar-refractivity contribution in [3.05, 3.63) is 76.0 Å². The number of aromatic nitrogens is 1. The summed E-state index contributed by atoms with van der Waals surface area (Å²) in [6, 6.07) is 14.9. The lowest BCUT2D eigenvalue weighted by atomic mass is 9.99. The molecule has 100 valence electrons. The Hall–Kier alpha value is -1.61. The van der Waals surface area contributed by atoms with Gasteiger partial charge in [-0.05, 0) is 35.2 Å². The van der Waals surface area contributed by atoms with Crippen molar-refractivity contribution in [3.63, 3.8) is 0 Å². The SMILES string of the molecule is NC(c1cc(Cl)ccc1Cl)c1nccc2ccccc12. The second-order valence-electron chi connectivity index (χ2n) is 4.56. The van der Waals surface area contributed by atoms with E-state index in [1.807, 2.05) is 30.3 Å². The predicted octanol–water partition coefficient (Wildman–Crippen LogP) is 4.59. The van der Waals surface area contributed by atoms with Crippen LogP contribution in [0, 0.1) is 0 Å². The number of halogens is 2. The lowest BCUT2D eigenvalue weighted by Gasteiger charge is -2.15. The molecule has 0 radical (unpaired) electrons. The smallest absolute Gasteiger partial charge is 0.0747 e. The molecule has 1 heterocycles. The van der Waals surface area contributed by atoms with Crippen LogP contribution in [0.1, 0.15) is 17.3 Å². The standard InChI is InChI=1S/C16H12Cl2N2/c17-11-5-6-14(18)13(9-11)15(19)16-12-4-2-1-3-10(12)7-8-20-16/h1-9,15H,19H2. The molecular weight excluding hydrogens is 291 g/mol. The maximum atomic E-state index is 6.35. The minimum Gasteiger partial charge on any atom is -0.319 e. The molecule has 0 aliphatic heterocycles. The molecule has 1 atom stereocenters. The van der Waals surface area contributed by atoms with Crippen molar-refractivity contribution in [2.75, 3.05) is 0 Å². The highest BCUT2D eigenvalue weighted by molar-refractivity contribution is 6.33. The molecule has 0 saturated carbocycles. The third kappa shape index (κ3) is 2.38. The van der Waals surface area contributed by atoms with Gasteiger partial charge in [0.15, 0.2) is 0 Å². The van der Waals surface area contributed by atoms with E-state index in [-0.39, 0.29) is 0 Å². The van der Waals surface area contributed by atoms with Gasteiger partial charge in [-0.1, -0.05) is 47.5 Å². The van der Waals surface area contributed by atoms with Gasteiger partial charge in [-0.2, -0.15) is 0 Å². The first-order valence-corrected chi connectivity index (χ1v) is 6.96. The van der Waals surface area contributed by atoms with Crippen LogP contribution in [-0.4, -0.2) is 4.98 Å². The molecule has 0 spiro atoms. The van der Waals surface area contributed by atoms with Gasteiger partial charge in [0.1, 0.15) is 0 Å². The molecular formula is C16H12Cl2N2. The molecule has 2 nitrogen and oxygen atoms in total. The Morgan fingerprint density at radius 1 is 1.00 bits per heavy atom. The summed E-state index contributed by atoms with van der Waals surface area (Å²) >= 11 is 12.3. The van der Waals surface area contributed by atoms with E-state index in [0.29, 0.717) is 10.0 Å². The minimum atomic E-state index is -0.410. The van der Waals surface area contributed by atoms with Crippen LogP contribution in [-0.2, 0) is 0 Å². The molecule has 0 bridgehead atoms. The predicted molar refractivity (Wildman–Crippen MR) is 84.2 cm³/mol. The van der Waals surface area contributed by atoms with E-state index in [4.69, 9.17) is 28.9 Å². The molecule has 4 heteroatoms. The molecule has 0 amide bonds. The van der Waals surface area contributed by atoms with Gasteiger partial charge in [-0.15, -0.1) is 0 Å². The monoisotopic (exact) mass is 302 g/mol. The lowest BCUT2D eigenvalue weighted by molar-refractivity contribution is 0.840. The van der Waals surface area contributed by atoms with E-state index >= 15 is 0 Å². The highest BCUT2D eigenvalue weighted by Gasteiger charge is 2.16. The summed E-state index contributed by atoms with van der Waals surface area (Å²) in [5.41, 5.74) is 7.93. The van der Waals surface area contributed by atoms with E-state index < -0.39 is 6.04 Å². The van der Waals surface area contributed by atoms with Crippen molar-refractivity contribution < 1.29 is 0 Å². The zero-order chi connectivity index (χ0) is 14.1. The van der Waals surface area contributed by atoms with Crippen molar-refractivity contribution in [3.8, 4) is 0 Å². The normalized spacial score (nSPS) is 12.6. The van der Waals surface area contributed by atoms with Crippen molar-refractivity contribution in [2.45, 2.75) is 6.04 Å². The zero-order valence-electron chi connectivity index (χ0n) is 10.6. The summed E-state index contributed by atoms with van der Waals surface area (Å²) in [7, 11) is 0. The molecule has 0 aliphatic carbocycles. The van der Waals surface area contributed by atoms with Crippen LogP contribution in [0.5, 0.6) is 0 Å². The zero-order valence-corrected chi connectivity index (χ0v) is 12.1. The summed E-state index contributed by atoms with van der Waals surface area (Å²) in [6.07, 6.45) is 1.76. The Morgan fingerprint density at radius 3 is 2.65 bits per heavy atom. The lowest BCUT2D eigenvalue weighted by Crippen LogP contribution is -2.14. The molecule has 3 aromatic rings. The highest BCUT2D eigenvalue weighted by Crippen LogP contribution is 2.31. The van der Waals surface area contributed by atoms with E-state index in [1.54, 1.807) is 24.4 Å². The van der Waals surface area contributed by atoms with E-state index in [2.05, 4.69) is 4.98 Å². The summed E-state index contributed by atoms with van der Waals surface area (Å²) in [6.45, 7) is 0. The van der Waals surface area contributed by atoms with Gasteiger partial charge in [0.25, 0.3) is 0 Å². The molecule has 2 N–H and O–H groups in total. The fourth-order valence-electron chi connectivity index (χ4n) is 2.29. The second-order valence-corrected chi connectivity index (χ2v) is 5.40. The van der Waals surface area contributed by atoms with Gasteiger partial charge in [0.2, 0.25) is 0 Å². The first-order chi connectivity index (χ1) is 9.66. The summed E-state index contributed by atoms with van der Waals surface area (Å²) in [4.78, 5) is 4.43. The molecule has 1 unspecified atom stereocenters. The molecule has 2 aromatic carbocycles. The second kappa shape index (κ2) is 5.41. The summed E-state index contributed by atoms with van der Waals surface area (Å²) < 4.78 is 0.